The average molecular weight is 285 g/mol. The van der Waals surface area contributed by atoms with Crippen molar-refractivity contribution in [1.29, 1.82) is 0 Å². The summed E-state index contributed by atoms with van der Waals surface area (Å²) in [7, 11) is 1.60. The molecule has 1 saturated heterocycles. The molecule has 0 aliphatic carbocycles. The highest BCUT2D eigenvalue weighted by atomic mass is 16.5. The quantitative estimate of drug-likeness (QED) is 0.907. The molecule has 0 atom stereocenters. The number of ether oxygens (including phenoxy) is 1. The maximum absolute atomic E-state index is 12.2. The summed E-state index contributed by atoms with van der Waals surface area (Å²) < 4.78 is 5.11. The standard InChI is InChI=1S/C16H19N3O2/c1-21-15-5-2-12-10-13(3-4-14(12)19-15)18-16(20)11-6-8-17-9-7-11/h2-5,10-11,17H,6-9H2,1H3,(H,18,20). The highest BCUT2D eigenvalue weighted by Crippen LogP contribution is 2.22. The van der Waals surface area contributed by atoms with Crippen molar-refractivity contribution in [1.82, 2.24) is 10.3 Å². The van der Waals surface area contributed by atoms with Gasteiger partial charge in [-0.1, -0.05) is 0 Å². The van der Waals surface area contributed by atoms with E-state index >= 15 is 0 Å². The topological polar surface area (TPSA) is 63.2 Å². The summed E-state index contributed by atoms with van der Waals surface area (Å²) in [4.78, 5) is 16.6. The summed E-state index contributed by atoms with van der Waals surface area (Å²) in [5, 5.41) is 7.26. The van der Waals surface area contributed by atoms with E-state index in [9.17, 15) is 4.79 Å². The minimum Gasteiger partial charge on any atom is -0.481 e. The second-order valence-corrected chi connectivity index (χ2v) is 5.27. The third-order valence-corrected chi connectivity index (χ3v) is 3.85. The molecule has 0 saturated carbocycles. The van der Waals surface area contributed by atoms with E-state index in [0.29, 0.717) is 5.88 Å². The second kappa shape index (κ2) is 6.10. The molecule has 1 amide bonds. The Labute approximate surface area is 123 Å². The smallest absolute Gasteiger partial charge is 0.227 e. The van der Waals surface area contributed by atoms with Crippen LogP contribution in [0, 0.1) is 5.92 Å². The predicted octanol–water partition coefficient (Wildman–Crippen LogP) is 2.18. The van der Waals surface area contributed by atoms with Crippen LogP contribution in [0.1, 0.15) is 12.8 Å². The lowest BCUT2D eigenvalue weighted by Crippen LogP contribution is -2.34. The van der Waals surface area contributed by atoms with Crippen LogP contribution in [-0.2, 0) is 4.79 Å². The van der Waals surface area contributed by atoms with Crippen LogP contribution in [-0.4, -0.2) is 31.1 Å². The number of aromatic nitrogens is 1. The summed E-state index contributed by atoms with van der Waals surface area (Å²) in [6, 6.07) is 9.49. The fourth-order valence-electron chi connectivity index (χ4n) is 2.63. The van der Waals surface area contributed by atoms with E-state index in [0.717, 1.165) is 42.5 Å². The number of benzene rings is 1. The van der Waals surface area contributed by atoms with Crippen molar-refractivity contribution >= 4 is 22.5 Å². The summed E-state index contributed by atoms with van der Waals surface area (Å²) in [6.45, 7) is 1.83. The van der Waals surface area contributed by atoms with E-state index in [1.54, 1.807) is 7.11 Å². The van der Waals surface area contributed by atoms with Crippen molar-refractivity contribution in [3.05, 3.63) is 30.3 Å². The Morgan fingerprint density at radius 3 is 2.86 bits per heavy atom. The number of nitrogens with zero attached hydrogens (tertiary/aromatic N) is 1. The number of carbonyl (C=O) groups is 1. The molecule has 2 N–H and O–H groups in total. The fourth-order valence-corrected chi connectivity index (χ4v) is 2.63. The molecule has 5 nitrogen and oxygen atoms in total. The van der Waals surface area contributed by atoms with Gasteiger partial charge in [-0.25, -0.2) is 4.98 Å². The van der Waals surface area contributed by atoms with E-state index in [1.165, 1.54) is 0 Å². The molecule has 0 spiro atoms. The number of fused-ring (bicyclic) bond motifs is 1. The Bertz CT molecular complexity index is 651. The Kier molecular flexibility index (Phi) is 4.01. The molecular weight excluding hydrogens is 266 g/mol. The van der Waals surface area contributed by atoms with Crippen LogP contribution in [0.25, 0.3) is 10.9 Å². The molecule has 1 aliphatic rings. The Morgan fingerprint density at radius 2 is 2.10 bits per heavy atom. The normalized spacial score (nSPS) is 15.9. The summed E-state index contributed by atoms with van der Waals surface area (Å²) in [5.41, 5.74) is 1.67. The highest BCUT2D eigenvalue weighted by Gasteiger charge is 2.20. The lowest BCUT2D eigenvalue weighted by molar-refractivity contribution is -0.120. The highest BCUT2D eigenvalue weighted by molar-refractivity contribution is 5.95. The lowest BCUT2D eigenvalue weighted by atomic mass is 9.97. The van der Waals surface area contributed by atoms with Crippen molar-refractivity contribution in [3.8, 4) is 5.88 Å². The van der Waals surface area contributed by atoms with Gasteiger partial charge in [0.05, 0.1) is 12.6 Å². The summed E-state index contributed by atoms with van der Waals surface area (Å²) >= 11 is 0. The molecule has 3 rings (SSSR count). The summed E-state index contributed by atoms with van der Waals surface area (Å²) in [5.74, 6) is 0.808. The van der Waals surface area contributed by atoms with E-state index in [2.05, 4.69) is 15.6 Å². The molecule has 0 unspecified atom stereocenters. The van der Waals surface area contributed by atoms with Crippen LogP contribution in [0.3, 0.4) is 0 Å². The molecule has 1 aliphatic heterocycles. The van der Waals surface area contributed by atoms with Gasteiger partial charge in [0.25, 0.3) is 0 Å². The van der Waals surface area contributed by atoms with Gasteiger partial charge in [-0.2, -0.15) is 0 Å². The number of nitrogens with one attached hydrogen (secondary N) is 2. The van der Waals surface area contributed by atoms with Gasteiger partial charge in [0, 0.05) is 23.1 Å². The number of amides is 1. The molecule has 2 heterocycles. The maximum Gasteiger partial charge on any atom is 0.227 e. The van der Waals surface area contributed by atoms with Crippen molar-refractivity contribution in [2.45, 2.75) is 12.8 Å². The van der Waals surface area contributed by atoms with Crippen LogP contribution < -0.4 is 15.4 Å². The van der Waals surface area contributed by atoms with Crippen molar-refractivity contribution in [3.63, 3.8) is 0 Å². The number of anilines is 1. The monoisotopic (exact) mass is 285 g/mol. The molecule has 1 aromatic carbocycles. The molecule has 5 heteroatoms. The summed E-state index contributed by atoms with van der Waals surface area (Å²) in [6.07, 6.45) is 1.80. The minimum atomic E-state index is 0.107. The molecule has 2 aromatic rings. The molecule has 0 radical (unpaired) electrons. The van der Waals surface area contributed by atoms with Crippen LogP contribution >= 0.6 is 0 Å². The number of methoxy groups -OCH3 is 1. The third kappa shape index (κ3) is 3.13. The first-order valence-electron chi connectivity index (χ1n) is 7.22. The van der Waals surface area contributed by atoms with Gasteiger partial charge in [0.2, 0.25) is 11.8 Å². The number of pyridine rings is 1. The molecule has 21 heavy (non-hydrogen) atoms. The van der Waals surface area contributed by atoms with Gasteiger partial charge in [-0.15, -0.1) is 0 Å². The number of hydrogen-bond acceptors (Lipinski definition) is 4. The van der Waals surface area contributed by atoms with E-state index in [-0.39, 0.29) is 11.8 Å². The average Bonchev–Trinajstić information content (AvgIpc) is 2.55. The fraction of sp³-hybridized carbons (Fsp3) is 0.375. The van der Waals surface area contributed by atoms with Crippen molar-refractivity contribution < 1.29 is 9.53 Å². The van der Waals surface area contributed by atoms with E-state index in [4.69, 9.17) is 4.74 Å². The van der Waals surface area contributed by atoms with E-state index in [1.807, 2.05) is 30.3 Å². The third-order valence-electron chi connectivity index (χ3n) is 3.85. The van der Waals surface area contributed by atoms with Gasteiger partial charge in [-0.3, -0.25) is 4.79 Å². The van der Waals surface area contributed by atoms with Crippen molar-refractivity contribution in [2.75, 3.05) is 25.5 Å². The SMILES string of the molecule is COc1ccc2cc(NC(=O)C3CCNCC3)ccc2n1. The number of carbonyl (C=O) groups excluding carboxylic acids is 1. The van der Waals surface area contributed by atoms with Crippen LogP contribution in [0.2, 0.25) is 0 Å². The predicted molar refractivity (Wildman–Crippen MR) is 82.5 cm³/mol. The number of piperidine rings is 1. The Hall–Kier alpha value is -2.14. The van der Waals surface area contributed by atoms with Crippen LogP contribution in [0.15, 0.2) is 30.3 Å². The van der Waals surface area contributed by atoms with Crippen molar-refractivity contribution in [2.24, 2.45) is 5.92 Å². The molecule has 1 fully saturated rings. The maximum atomic E-state index is 12.2. The zero-order chi connectivity index (χ0) is 14.7. The Morgan fingerprint density at radius 1 is 1.29 bits per heavy atom. The van der Waals surface area contributed by atoms with Gasteiger partial charge in [0.15, 0.2) is 0 Å². The van der Waals surface area contributed by atoms with E-state index < -0.39 is 0 Å². The molecular formula is C16H19N3O2. The van der Waals surface area contributed by atoms with Gasteiger partial charge >= 0.3 is 0 Å². The largest absolute Gasteiger partial charge is 0.481 e. The first kappa shape index (κ1) is 13.8. The van der Waals surface area contributed by atoms with Crippen LogP contribution in [0.5, 0.6) is 5.88 Å². The van der Waals surface area contributed by atoms with Gasteiger partial charge in [0.1, 0.15) is 0 Å². The van der Waals surface area contributed by atoms with Gasteiger partial charge < -0.3 is 15.4 Å². The molecule has 0 bridgehead atoms. The molecule has 1 aromatic heterocycles. The van der Waals surface area contributed by atoms with Crippen LogP contribution in [0.4, 0.5) is 5.69 Å². The first-order chi connectivity index (χ1) is 10.3. The minimum absolute atomic E-state index is 0.107. The molecule has 110 valence electrons. The lowest BCUT2D eigenvalue weighted by Gasteiger charge is -2.21. The Balaban J connectivity index is 1.76. The number of rotatable bonds is 3. The number of hydrogen-bond donors (Lipinski definition) is 2. The first-order valence-corrected chi connectivity index (χ1v) is 7.22. The van der Waals surface area contributed by atoms with Gasteiger partial charge in [-0.05, 0) is 50.2 Å². The second-order valence-electron chi connectivity index (χ2n) is 5.27. The zero-order valence-electron chi connectivity index (χ0n) is 12.1. The zero-order valence-corrected chi connectivity index (χ0v) is 12.1.